The van der Waals surface area contributed by atoms with Crippen molar-refractivity contribution in [2.24, 2.45) is 0 Å². The van der Waals surface area contributed by atoms with Gasteiger partial charge in [-0.15, -0.1) is 16.7 Å². The van der Waals surface area contributed by atoms with E-state index in [1.165, 1.54) is 0 Å². The number of alkyl halides is 1. The van der Waals surface area contributed by atoms with Crippen LogP contribution in [-0.4, -0.2) is 20.2 Å². The molecule has 0 radical (unpaired) electrons. The van der Waals surface area contributed by atoms with Crippen LogP contribution in [0, 0.1) is 6.92 Å². The van der Waals surface area contributed by atoms with Gasteiger partial charge in [-0.2, -0.15) is 4.68 Å². The third-order valence-electron chi connectivity index (χ3n) is 2.03. The summed E-state index contributed by atoms with van der Waals surface area (Å²) in [6, 6.07) is 4.00. The van der Waals surface area contributed by atoms with Crippen molar-refractivity contribution >= 4 is 43.5 Å². The number of tetrazole rings is 1. The zero-order chi connectivity index (χ0) is 11.7. The standard InChI is InChI=1S/C9H7Br2ClN4/c1-5-2-6(10)9(7(11)3-5)16-8(4-12)13-14-15-16/h2-3H,4H2,1H3. The SMILES string of the molecule is Cc1cc(Br)c(-n2nnnc2CCl)c(Br)c1. The Balaban J connectivity index is 2.64. The molecule has 0 saturated carbocycles. The van der Waals surface area contributed by atoms with E-state index in [2.05, 4.69) is 47.4 Å². The maximum Gasteiger partial charge on any atom is 0.171 e. The lowest BCUT2D eigenvalue weighted by molar-refractivity contribution is 0.771. The molecule has 0 amide bonds. The summed E-state index contributed by atoms with van der Waals surface area (Å²) in [6.07, 6.45) is 0. The molecule has 0 unspecified atom stereocenters. The summed E-state index contributed by atoms with van der Waals surface area (Å²) in [5.74, 6) is 0.867. The van der Waals surface area contributed by atoms with Crippen molar-refractivity contribution in [3.63, 3.8) is 0 Å². The summed E-state index contributed by atoms with van der Waals surface area (Å²) in [4.78, 5) is 0. The summed E-state index contributed by atoms with van der Waals surface area (Å²) < 4.78 is 3.44. The number of aromatic nitrogens is 4. The third-order valence-corrected chi connectivity index (χ3v) is 3.47. The number of halogens is 3. The largest absolute Gasteiger partial charge is 0.194 e. The van der Waals surface area contributed by atoms with Crippen LogP contribution in [0.1, 0.15) is 11.4 Å². The van der Waals surface area contributed by atoms with Gasteiger partial charge in [-0.1, -0.05) is 0 Å². The second-order valence-corrected chi connectivity index (χ2v) is 5.19. The lowest BCUT2D eigenvalue weighted by Crippen LogP contribution is -2.03. The summed E-state index contributed by atoms with van der Waals surface area (Å²) in [7, 11) is 0. The molecule has 0 bridgehead atoms. The first kappa shape index (κ1) is 12.0. The molecule has 0 fully saturated rings. The van der Waals surface area contributed by atoms with Gasteiger partial charge in [0, 0.05) is 8.95 Å². The lowest BCUT2D eigenvalue weighted by Gasteiger charge is -2.09. The van der Waals surface area contributed by atoms with Crippen molar-refractivity contribution < 1.29 is 0 Å². The monoisotopic (exact) mass is 364 g/mol. The maximum absolute atomic E-state index is 5.77. The molecule has 1 heterocycles. The molecular formula is C9H7Br2ClN4. The summed E-state index contributed by atoms with van der Waals surface area (Å²) >= 11 is 12.8. The first-order valence-electron chi connectivity index (χ1n) is 4.42. The second kappa shape index (κ2) is 4.81. The van der Waals surface area contributed by atoms with Crippen molar-refractivity contribution in [3.8, 4) is 5.69 Å². The number of aryl methyl sites for hydroxylation is 1. The van der Waals surface area contributed by atoms with E-state index in [-0.39, 0.29) is 5.88 Å². The number of nitrogens with zero attached hydrogens (tertiary/aromatic N) is 4. The van der Waals surface area contributed by atoms with Crippen LogP contribution >= 0.6 is 43.5 Å². The van der Waals surface area contributed by atoms with E-state index in [0.717, 1.165) is 20.2 Å². The van der Waals surface area contributed by atoms with E-state index in [1.54, 1.807) is 4.68 Å². The Morgan fingerprint density at radius 1 is 1.31 bits per heavy atom. The lowest BCUT2D eigenvalue weighted by atomic mass is 10.2. The van der Waals surface area contributed by atoms with Gasteiger partial charge in [0.15, 0.2) is 5.82 Å². The maximum atomic E-state index is 5.77. The van der Waals surface area contributed by atoms with Crippen LogP contribution in [-0.2, 0) is 5.88 Å². The third kappa shape index (κ3) is 2.14. The van der Waals surface area contributed by atoms with Gasteiger partial charge in [0.05, 0.1) is 11.6 Å². The van der Waals surface area contributed by atoms with Crippen LogP contribution in [0.5, 0.6) is 0 Å². The zero-order valence-corrected chi connectivity index (χ0v) is 12.2. The minimum Gasteiger partial charge on any atom is -0.194 e. The van der Waals surface area contributed by atoms with Gasteiger partial charge in [0.2, 0.25) is 0 Å². The Labute approximate surface area is 114 Å². The molecule has 1 aromatic heterocycles. The van der Waals surface area contributed by atoms with Gasteiger partial charge >= 0.3 is 0 Å². The Morgan fingerprint density at radius 2 is 1.94 bits per heavy atom. The van der Waals surface area contributed by atoms with Crippen LogP contribution in [0.25, 0.3) is 5.69 Å². The number of hydrogen-bond acceptors (Lipinski definition) is 3. The second-order valence-electron chi connectivity index (χ2n) is 3.22. The van der Waals surface area contributed by atoms with Crippen molar-refractivity contribution in [2.45, 2.75) is 12.8 Å². The average Bonchev–Trinajstić information content (AvgIpc) is 2.64. The summed E-state index contributed by atoms with van der Waals surface area (Å²) in [5.41, 5.74) is 1.99. The molecule has 2 rings (SSSR count). The Kier molecular flexibility index (Phi) is 3.61. The molecule has 0 saturated heterocycles. The van der Waals surface area contributed by atoms with Crippen LogP contribution < -0.4 is 0 Å². The Morgan fingerprint density at radius 3 is 2.50 bits per heavy atom. The van der Waals surface area contributed by atoms with Gasteiger partial charge in [-0.05, 0) is 66.9 Å². The van der Waals surface area contributed by atoms with Crippen molar-refractivity contribution in [3.05, 3.63) is 32.5 Å². The molecule has 7 heteroatoms. The normalized spacial score (nSPS) is 10.8. The molecule has 4 nitrogen and oxygen atoms in total. The van der Waals surface area contributed by atoms with E-state index < -0.39 is 0 Å². The Hall–Kier alpha value is -0.460. The topological polar surface area (TPSA) is 43.6 Å². The fourth-order valence-electron chi connectivity index (χ4n) is 1.36. The molecule has 0 aliphatic carbocycles. The summed E-state index contributed by atoms with van der Waals surface area (Å²) in [5, 5.41) is 11.4. The molecule has 0 aliphatic heterocycles. The predicted molar refractivity (Wildman–Crippen MR) is 68.8 cm³/mol. The molecule has 0 atom stereocenters. The first-order valence-corrected chi connectivity index (χ1v) is 6.54. The highest BCUT2D eigenvalue weighted by atomic mass is 79.9. The first-order chi connectivity index (χ1) is 7.63. The van der Waals surface area contributed by atoms with Crippen molar-refractivity contribution in [1.82, 2.24) is 20.2 Å². The van der Waals surface area contributed by atoms with Crippen LogP contribution in [0.3, 0.4) is 0 Å². The van der Waals surface area contributed by atoms with E-state index in [4.69, 9.17) is 11.6 Å². The van der Waals surface area contributed by atoms with Gasteiger partial charge in [-0.25, -0.2) is 0 Å². The predicted octanol–water partition coefficient (Wildman–Crippen LogP) is 3.23. The van der Waals surface area contributed by atoms with Crippen LogP contribution in [0.15, 0.2) is 21.1 Å². The molecule has 0 spiro atoms. The van der Waals surface area contributed by atoms with Gasteiger partial charge < -0.3 is 0 Å². The van der Waals surface area contributed by atoms with E-state index in [1.807, 2.05) is 19.1 Å². The molecule has 2 aromatic rings. The quantitative estimate of drug-likeness (QED) is 0.767. The highest BCUT2D eigenvalue weighted by molar-refractivity contribution is 9.11. The van der Waals surface area contributed by atoms with E-state index >= 15 is 0 Å². The van der Waals surface area contributed by atoms with E-state index in [0.29, 0.717) is 5.82 Å². The van der Waals surface area contributed by atoms with E-state index in [9.17, 15) is 0 Å². The molecule has 0 N–H and O–H groups in total. The Bertz CT molecular complexity index is 503. The number of benzene rings is 1. The molecule has 0 aliphatic rings. The number of hydrogen-bond donors (Lipinski definition) is 0. The fraction of sp³-hybridized carbons (Fsp3) is 0.222. The molecule has 16 heavy (non-hydrogen) atoms. The average molecular weight is 366 g/mol. The fourth-order valence-corrected chi connectivity index (χ4v) is 3.28. The minimum absolute atomic E-state index is 0.264. The molecule has 84 valence electrons. The van der Waals surface area contributed by atoms with Crippen molar-refractivity contribution in [1.29, 1.82) is 0 Å². The molecule has 1 aromatic carbocycles. The van der Waals surface area contributed by atoms with Gasteiger partial charge in [0.1, 0.15) is 0 Å². The van der Waals surface area contributed by atoms with Gasteiger partial charge in [-0.3, -0.25) is 0 Å². The smallest absolute Gasteiger partial charge is 0.171 e. The zero-order valence-electron chi connectivity index (χ0n) is 8.28. The minimum atomic E-state index is 0.264. The highest BCUT2D eigenvalue weighted by Crippen LogP contribution is 2.30. The van der Waals surface area contributed by atoms with Crippen LogP contribution in [0.4, 0.5) is 0 Å². The summed E-state index contributed by atoms with van der Waals surface area (Å²) in [6.45, 7) is 2.02. The van der Waals surface area contributed by atoms with Crippen molar-refractivity contribution in [2.75, 3.05) is 0 Å². The molecular weight excluding hydrogens is 359 g/mol. The van der Waals surface area contributed by atoms with Gasteiger partial charge in [0.25, 0.3) is 0 Å². The van der Waals surface area contributed by atoms with Crippen LogP contribution in [0.2, 0.25) is 0 Å². The number of rotatable bonds is 2. The highest BCUT2D eigenvalue weighted by Gasteiger charge is 2.14.